The first-order valence-corrected chi connectivity index (χ1v) is 8.43. The van der Waals surface area contributed by atoms with Gasteiger partial charge in [0.15, 0.2) is 0 Å². The molecule has 2 fully saturated rings. The molecule has 0 bridgehead atoms. The lowest BCUT2D eigenvalue weighted by Crippen LogP contribution is -2.61. The van der Waals surface area contributed by atoms with Gasteiger partial charge in [-0.2, -0.15) is 0 Å². The highest BCUT2D eigenvalue weighted by atomic mass is 16.5. The minimum Gasteiger partial charge on any atom is -0.380 e. The maximum atomic E-state index is 12.0. The molecule has 0 aromatic carbocycles. The third-order valence-corrected chi connectivity index (χ3v) is 5.17. The Labute approximate surface area is 128 Å². The Morgan fingerprint density at radius 1 is 1.43 bits per heavy atom. The van der Waals surface area contributed by atoms with Crippen LogP contribution in [0.5, 0.6) is 0 Å². The number of rotatable bonds is 6. The maximum absolute atomic E-state index is 12.0. The highest BCUT2D eigenvalue weighted by Crippen LogP contribution is 2.32. The Morgan fingerprint density at radius 3 is 2.90 bits per heavy atom. The van der Waals surface area contributed by atoms with Crippen molar-refractivity contribution in [2.75, 3.05) is 26.7 Å². The molecule has 2 aliphatic rings. The van der Waals surface area contributed by atoms with Gasteiger partial charge in [-0.25, -0.2) is 0 Å². The van der Waals surface area contributed by atoms with Crippen LogP contribution < -0.4 is 11.1 Å². The first-order valence-electron chi connectivity index (χ1n) is 8.43. The molecule has 1 aliphatic carbocycles. The third-order valence-electron chi connectivity index (χ3n) is 5.17. The van der Waals surface area contributed by atoms with E-state index in [4.69, 9.17) is 10.5 Å². The summed E-state index contributed by atoms with van der Waals surface area (Å²) in [7, 11) is 1.80. The molecule has 1 saturated carbocycles. The lowest BCUT2D eigenvalue weighted by Gasteiger charge is -2.45. The van der Waals surface area contributed by atoms with Gasteiger partial charge in [-0.3, -0.25) is 9.69 Å². The second-order valence-electron chi connectivity index (χ2n) is 6.62. The Balaban J connectivity index is 2.02. The fourth-order valence-electron chi connectivity index (χ4n) is 3.88. The van der Waals surface area contributed by atoms with Crippen molar-refractivity contribution in [3.05, 3.63) is 0 Å². The van der Waals surface area contributed by atoms with Gasteiger partial charge in [0.05, 0.1) is 11.6 Å². The molecular formula is C16H31N3O2. The van der Waals surface area contributed by atoms with Crippen molar-refractivity contribution in [3.63, 3.8) is 0 Å². The number of hydrogen-bond donors (Lipinski definition) is 2. The summed E-state index contributed by atoms with van der Waals surface area (Å²) < 4.78 is 5.53. The zero-order valence-corrected chi connectivity index (χ0v) is 13.6. The van der Waals surface area contributed by atoms with Crippen LogP contribution in [0.2, 0.25) is 0 Å². The zero-order valence-electron chi connectivity index (χ0n) is 13.6. The van der Waals surface area contributed by atoms with Crippen LogP contribution in [-0.2, 0) is 9.53 Å². The van der Waals surface area contributed by atoms with Gasteiger partial charge < -0.3 is 15.8 Å². The van der Waals surface area contributed by atoms with Crippen LogP contribution in [0.3, 0.4) is 0 Å². The summed E-state index contributed by atoms with van der Waals surface area (Å²) in [5.74, 6) is -0.180. The first-order chi connectivity index (χ1) is 10.1. The molecule has 5 nitrogen and oxygen atoms in total. The predicted octanol–water partition coefficient (Wildman–Crippen LogP) is 1.26. The second kappa shape index (κ2) is 7.56. The molecule has 5 heteroatoms. The number of ether oxygens (including phenoxy) is 1. The fourth-order valence-corrected chi connectivity index (χ4v) is 3.88. The first kappa shape index (κ1) is 16.7. The van der Waals surface area contributed by atoms with Gasteiger partial charge in [-0.1, -0.05) is 6.92 Å². The van der Waals surface area contributed by atoms with E-state index in [9.17, 15) is 4.79 Å². The van der Waals surface area contributed by atoms with Crippen LogP contribution in [0.25, 0.3) is 0 Å². The number of carbonyl (C=O) groups is 1. The van der Waals surface area contributed by atoms with E-state index >= 15 is 0 Å². The molecule has 0 aromatic heterocycles. The zero-order chi connectivity index (χ0) is 15.3. The number of primary amides is 1. The van der Waals surface area contributed by atoms with E-state index in [0.717, 1.165) is 51.7 Å². The molecule has 1 saturated heterocycles. The molecule has 3 atom stereocenters. The largest absolute Gasteiger partial charge is 0.380 e. The van der Waals surface area contributed by atoms with Gasteiger partial charge in [0.1, 0.15) is 0 Å². The smallest absolute Gasteiger partial charge is 0.237 e. The van der Waals surface area contributed by atoms with E-state index in [0.29, 0.717) is 12.1 Å². The fraction of sp³-hybridized carbons (Fsp3) is 0.938. The molecule has 21 heavy (non-hydrogen) atoms. The summed E-state index contributed by atoms with van der Waals surface area (Å²) in [6.45, 7) is 5.09. The number of nitrogens with zero attached hydrogens (tertiary/aromatic N) is 1. The molecule has 3 N–H and O–H groups in total. The number of piperidine rings is 1. The predicted molar refractivity (Wildman–Crippen MR) is 84.1 cm³/mol. The summed E-state index contributed by atoms with van der Waals surface area (Å²) in [6.07, 6.45) is 7.65. The summed E-state index contributed by atoms with van der Waals surface area (Å²) >= 11 is 0. The Hall–Kier alpha value is -0.650. The minimum absolute atomic E-state index is 0.180. The van der Waals surface area contributed by atoms with Crippen LogP contribution in [0.15, 0.2) is 0 Å². The van der Waals surface area contributed by atoms with Gasteiger partial charge in [0.2, 0.25) is 5.91 Å². The molecule has 2 rings (SSSR count). The highest BCUT2D eigenvalue weighted by Gasteiger charge is 2.43. The van der Waals surface area contributed by atoms with E-state index in [-0.39, 0.29) is 5.91 Å². The number of nitrogens with two attached hydrogens (primary N) is 1. The van der Waals surface area contributed by atoms with Gasteiger partial charge in [-0.05, 0) is 58.0 Å². The van der Waals surface area contributed by atoms with Crippen molar-refractivity contribution < 1.29 is 9.53 Å². The van der Waals surface area contributed by atoms with Crippen LogP contribution >= 0.6 is 0 Å². The molecule has 1 amide bonds. The van der Waals surface area contributed by atoms with Crippen molar-refractivity contribution in [1.29, 1.82) is 0 Å². The molecule has 0 spiro atoms. The number of amides is 1. The van der Waals surface area contributed by atoms with Crippen LogP contribution in [-0.4, -0.2) is 55.2 Å². The lowest BCUT2D eigenvalue weighted by atomic mass is 9.77. The standard InChI is InChI=1S/C16H31N3O2/c1-3-9-18-16(15(17)20)8-4-6-13(11-16)19-10-5-7-14(12-19)21-2/h13-14,18H,3-12H2,1-2H3,(H2,17,20). The van der Waals surface area contributed by atoms with Gasteiger partial charge in [0, 0.05) is 19.7 Å². The monoisotopic (exact) mass is 297 g/mol. The average Bonchev–Trinajstić information content (AvgIpc) is 2.53. The molecular weight excluding hydrogens is 266 g/mol. The molecule has 0 radical (unpaired) electrons. The number of likely N-dealkylation sites (tertiary alicyclic amines) is 1. The molecule has 1 heterocycles. The summed E-state index contributed by atoms with van der Waals surface area (Å²) in [5.41, 5.74) is 5.24. The Kier molecular flexibility index (Phi) is 6.02. The second-order valence-corrected chi connectivity index (χ2v) is 6.62. The summed E-state index contributed by atoms with van der Waals surface area (Å²) in [4.78, 5) is 14.6. The number of carbonyl (C=O) groups excluding carboxylic acids is 1. The van der Waals surface area contributed by atoms with E-state index in [1.807, 2.05) is 0 Å². The third kappa shape index (κ3) is 3.96. The summed E-state index contributed by atoms with van der Waals surface area (Å²) in [5, 5.41) is 3.45. The number of nitrogens with one attached hydrogen (secondary N) is 1. The van der Waals surface area contributed by atoms with E-state index in [1.54, 1.807) is 7.11 Å². The van der Waals surface area contributed by atoms with Gasteiger partial charge in [0.25, 0.3) is 0 Å². The minimum atomic E-state index is -0.501. The normalized spacial score (nSPS) is 34.8. The molecule has 122 valence electrons. The van der Waals surface area contributed by atoms with Crippen molar-refractivity contribution in [2.24, 2.45) is 5.73 Å². The highest BCUT2D eigenvalue weighted by molar-refractivity contribution is 5.84. The Bertz CT molecular complexity index is 350. The lowest BCUT2D eigenvalue weighted by molar-refractivity contribution is -0.127. The average molecular weight is 297 g/mol. The van der Waals surface area contributed by atoms with Crippen LogP contribution in [0, 0.1) is 0 Å². The van der Waals surface area contributed by atoms with Crippen molar-refractivity contribution in [1.82, 2.24) is 10.2 Å². The number of hydrogen-bond acceptors (Lipinski definition) is 4. The van der Waals surface area contributed by atoms with Crippen LogP contribution in [0.4, 0.5) is 0 Å². The quantitative estimate of drug-likeness (QED) is 0.774. The molecule has 3 unspecified atom stereocenters. The Morgan fingerprint density at radius 2 is 2.24 bits per heavy atom. The van der Waals surface area contributed by atoms with Crippen LogP contribution in [0.1, 0.15) is 51.9 Å². The SMILES string of the molecule is CCCNC1(C(N)=O)CCCC(N2CCCC(OC)C2)C1. The maximum Gasteiger partial charge on any atom is 0.237 e. The van der Waals surface area contributed by atoms with E-state index in [1.165, 1.54) is 12.8 Å². The number of methoxy groups -OCH3 is 1. The molecule has 1 aliphatic heterocycles. The van der Waals surface area contributed by atoms with Gasteiger partial charge in [-0.15, -0.1) is 0 Å². The van der Waals surface area contributed by atoms with Crippen molar-refractivity contribution in [3.8, 4) is 0 Å². The molecule has 0 aromatic rings. The van der Waals surface area contributed by atoms with Crippen molar-refractivity contribution >= 4 is 5.91 Å². The topological polar surface area (TPSA) is 67.6 Å². The van der Waals surface area contributed by atoms with E-state index in [2.05, 4.69) is 17.1 Å². The van der Waals surface area contributed by atoms with E-state index < -0.39 is 5.54 Å². The van der Waals surface area contributed by atoms with Crippen molar-refractivity contribution in [2.45, 2.75) is 69.6 Å². The van der Waals surface area contributed by atoms with Gasteiger partial charge >= 0.3 is 0 Å². The summed E-state index contributed by atoms with van der Waals surface area (Å²) in [6, 6.07) is 0.452.